The van der Waals surface area contributed by atoms with Gasteiger partial charge in [0.2, 0.25) is 0 Å². The quantitative estimate of drug-likeness (QED) is 0.573. The number of nitrogens with one attached hydrogen (secondary N) is 1. The van der Waals surface area contributed by atoms with Gasteiger partial charge in [-0.05, 0) is 54.8 Å². The molecule has 0 atom stereocenters. The van der Waals surface area contributed by atoms with Crippen LogP contribution < -0.4 is 15.8 Å². The maximum atomic E-state index is 12.9. The summed E-state index contributed by atoms with van der Waals surface area (Å²) in [4.78, 5) is 0. The lowest BCUT2D eigenvalue weighted by Crippen LogP contribution is -2.23. The van der Waals surface area contributed by atoms with Crippen LogP contribution in [0.3, 0.4) is 0 Å². The molecule has 0 saturated carbocycles. The van der Waals surface area contributed by atoms with Crippen molar-refractivity contribution in [2.75, 3.05) is 12.3 Å². The third-order valence-electron chi connectivity index (χ3n) is 3.58. The normalized spacial score (nSPS) is 11.0. The van der Waals surface area contributed by atoms with Crippen LogP contribution in [0.25, 0.3) is 0 Å². The summed E-state index contributed by atoms with van der Waals surface area (Å²) in [5.74, 6) is 0.419. The average Bonchev–Trinajstić information content (AvgIpc) is 2.52. The number of halogens is 1. The Morgan fingerprint density at radius 2 is 1.78 bits per heavy atom. The molecule has 3 nitrogen and oxygen atoms in total. The van der Waals surface area contributed by atoms with Gasteiger partial charge in [0.15, 0.2) is 0 Å². The average molecular weight is 316 g/mol. The van der Waals surface area contributed by atoms with Crippen LogP contribution in [-0.4, -0.2) is 12.6 Å². The first-order valence-electron chi connectivity index (χ1n) is 8.03. The van der Waals surface area contributed by atoms with Crippen molar-refractivity contribution in [1.29, 1.82) is 0 Å². The highest BCUT2D eigenvalue weighted by molar-refractivity contribution is 5.54. The molecule has 4 heteroatoms. The number of nitrogens with two attached hydrogens (primary N) is 1. The van der Waals surface area contributed by atoms with Gasteiger partial charge in [-0.25, -0.2) is 4.39 Å². The fourth-order valence-corrected chi connectivity index (χ4v) is 2.31. The van der Waals surface area contributed by atoms with E-state index in [0.29, 0.717) is 24.1 Å². The molecule has 0 spiro atoms. The highest BCUT2D eigenvalue weighted by atomic mass is 19.1. The molecule has 0 heterocycles. The number of anilines is 1. The molecule has 0 bridgehead atoms. The van der Waals surface area contributed by atoms with E-state index in [4.69, 9.17) is 10.5 Å². The van der Waals surface area contributed by atoms with Gasteiger partial charge < -0.3 is 15.8 Å². The summed E-state index contributed by atoms with van der Waals surface area (Å²) in [7, 11) is 0. The largest absolute Gasteiger partial charge is 0.487 e. The van der Waals surface area contributed by atoms with Crippen molar-refractivity contribution in [2.45, 2.75) is 39.3 Å². The van der Waals surface area contributed by atoms with Gasteiger partial charge in [0.05, 0.1) is 5.69 Å². The van der Waals surface area contributed by atoms with E-state index in [-0.39, 0.29) is 5.82 Å². The van der Waals surface area contributed by atoms with E-state index in [9.17, 15) is 4.39 Å². The fourth-order valence-electron chi connectivity index (χ4n) is 2.31. The molecule has 2 aromatic rings. The van der Waals surface area contributed by atoms with Gasteiger partial charge in [-0.15, -0.1) is 0 Å². The smallest absolute Gasteiger partial charge is 0.142 e. The van der Waals surface area contributed by atoms with E-state index in [1.54, 1.807) is 12.1 Å². The Hall–Kier alpha value is -2.07. The minimum atomic E-state index is -0.246. The van der Waals surface area contributed by atoms with E-state index in [1.807, 2.05) is 18.2 Å². The van der Waals surface area contributed by atoms with Crippen LogP contribution in [0.5, 0.6) is 5.75 Å². The van der Waals surface area contributed by atoms with Gasteiger partial charge in [0.1, 0.15) is 18.2 Å². The molecule has 2 aromatic carbocycles. The third kappa shape index (κ3) is 5.91. The maximum absolute atomic E-state index is 12.9. The number of ether oxygens (including phenoxy) is 1. The van der Waals surface area contributed by atoms with E-state index < -0.39 is 0 Å². The molecule has 0 unspecified atom stereocenters. The Morgan fingerprint density at radius 3 is 2.43 bits per heavy atom. The summed E-state index contributed by atoms with van der Waals surface area (Å²) in [6.45, 7) is 5.67. The minimum absolute atomic E-state index is 0.246. The molecular weight excluding hydrogens is 291 g/mol. The Kier molecular flexibility index (Phi) is 6.41. The van der Waals surface area contributed by atoms with Crippen molar-refractivity contribution in [1.82, 2.24) is 5.32 Å². The molecule has 0 saturated heterocycles. The Balaban J connectivity index is 1.85. The van der Waals surface area contributed by atoms with Crippen LogP contribution in [0.15, 0.2) is 42.5 Å². The van der Waals surface area contributed by atoms with Crippen molar-refractivity contribution in [3.05, 3.63) is 59.4 Å². The van der Waals surface area contributed by atoms with Crippen molar-refractivity contribution in [3.63, 3.8) is 0 Å². The Labute approximate surface area is 137 Å². The molecule has 23 heavy (non-hydrogen) atoms. The highest BCUT2D eigenvalue weighted by Gasteiger charge is 2.04. The summed E-state index contributed by atoms with van der Waals surface area (Å²) in [6.07, 6.45) is 2.07. The highest BCUT2D eigenvalue weighted by Crippen LogP contribution is 2.24. The first kappa shape index (κ1) is 17.3. The lowest BCUT2D eigenvalue weighted by Gasteiger charge is -2.11. The van der Waals surface area contributed by atoms with E-state index >= 15 is 0 Å². The zero-order valence-electron chi connectivity index (χ0n) is 13.8. The molecule has 0 fully saturated rings. The second kappa shape index (κ2) is 8.53. The monoisotopic (exact) mass is 316 g/mol. The predicted octanol–water partition coefficient (Wildman–Crippen LogP) is 3.92. The second-order valence-electron chi connectivity index (χ2n) is 6.00. The van der Waals surface area contributed by atoms with Gasteiger partial charge in [-0.1, -0.05) is 32.0 Å². The van der Waals surface area contributed by atoms with Crippen LogP contribution in [0.2, 0.25) is 0 Å². The second-order valence-corrected chi connectivity index (χ2v) is 6.00. The lowest BCUT2D eigenvalue weighted by molar-refractivity contribution is 0.307. The van der Waals surface area contributed by atoms with Gasteiger partial charge in [0, 0.05) is 6.04 Å². The van der Waals surface area contributed by atoms with Crippen LogP contribution in [0.4, 0.5) is 10.1 Å². The first-order chi connectivity index (χ1) is 11.0. The molecule has 2 rings (SSSR count). The summed E-state index contributed by atoms with van der Waals surface area (Å²) >= 11 is 0. The van der Waals surface area contributed by atoms with Crippen LogP contribution >= 0.6 is 0 Å². The van der Waals surface area contributed by atoms with E-state index in [1.165, 1.54) is 17.7 Å². The molecule has 124 valence electrons. The van der Waals surface area contributed by atoms with Crippen LogP contribution in [0.1, 0.15) is 31.4 Å². The maximum Gasteiger partial charge on any atom is 0.142 e. The third-order valence-corrected chi connectivity index (χ3v) is 3.58. The molecule has 0 aliphatic heterocycles. The Morgan fingerprint density at radius 1 is 1.09 bits per heavy atom. The van der Waals surface area contributed by atoms with Gasteiger partial charge in [-0.3, -0.25) is 0 Å². The molecule has 0 radical (unpaired) electrons. The molecule has 3 N–H and O–H groups in total. The van der Waals surface area contributed by atoms with Crippen LogP contribution in [0, 0.1) is 5.82 Å². The van der Waals surface area contributed by atoms with Gasteiger partial charge in [0.25, 0.3) is 0 Å². The van der Waals surface area contributed by atoms with E-state index in [0.717, 1.165) is 24.9 Å². The van der Waals surface area contributed by atoms with E-state index in [2.05, 4.69) is 19.2 Å². The van der Waals surface area contributed by atoms with Crippen LogP contribution in [-0.2, 0) is 13.0 Å². The zero-order valence-corrected chi connectivity index (χ0v) is 13.8. The number of hydrogen-bond acceptors (Lipinski definition) is 3. The number of rotatable bonds is 8. The standard InChI is InChI=1S/C19H25FN2O/c1-14(2)22-11-3-4-15-7-10-19(18(21)12-15)23-13-16-5-8-17(20)9-6-16/h5-10,12,14,22H,3-4,11,13,21H2,1-2H3. The lowest BCUT2D eigenvalue weighted by atomic mass is 10.1. The van der Waals surface area contributed by atoms with Gasteiger partial charge in [-0.2, -0.15) is 0 Å². The van der Waals surface area contributed by atoms with Crippen molar-refractivity contribution >= 4 is 5.69 Å². The fraction of sp³-hybridized carbons (Fsp3) is 0.368. The molecule has 0 amide bonds. The minimum Gasteiger partial charge on any atom is -0.487 e. The number of hydrogen-bond donors (Lipinski definition) is 2. The molecule has 0 aromatic heterocycles. The summed E-state index contributed by atoms with van der Waals surface area (Å²) in [5.41, 5.74) is 8.82. The van der Waals surface area contributed by atoms with Crippen molar-refractivity contribution in [3.8, 4) is 5.75 Å². The number of nitrogen functional groups attached to an aromatic ring is 1. The topological polar surface area (TPSA) is 47.3 Å². The number of benzene rings is 2. The SMILES string of the molecule is CC(C)NCCCc1ccc(OCc2ccc(F)cc2)c(N)c1. The first-order valence-corrected chi connectivity index (χ1v) is 8.03. The molecular formula is C19H25FN2O. The summed E-state index contributed by atoms with van der Waals surface area (Å²) in [5, 5.41) is 3.40. The zero-order chi connectivity index (χ0) is 16.7. The van der Waals surface area contributed by atoms with Crippen molar-refractivity contribution in [2.24, 2.45) is 0 Å². The van der Waals surface area contributed by atoms with Crippen molar-refractivity contribution < 1.29 is 9.13 Å². The summed E-state index contributed by atoms with van der Waals surface area (Å²) in [6, 6.07) is 12.7. The molecule has 0 aliphatic carbocycles. The Bertz CT molecular complexity index is 611. The number of aryl methyl sites for hydroxylation is 1. The van der Waals surface area contributed by atoms with Gasteiger partial charge >= 0.3 is 0 Å². The predicted molar refractivity (Wildman–Crippen MR) is 93.0 cm³/mol. The summed E-state index contributed by atoms with van der Waals surface area (Å²) < 4.78 is 18.6. The molecule has 0 aliphatic rings.